The first-order chi connectivity index (χ1) is 13.2. The molecule has 0 atom stereocenters. The number of aromatic nitrogens is 2. The molecule has 2 aromatic heterocycles. The number of pyridine rings is 1. The number of carbonyl (C=O) groups excluding carboxylic acids is 1. The summed E-state index contributed by atoms with van der Waals surface area (Å²) >= 11 is 7.35. The SMILES string of the molecule is O=C(COc1ccc(Cl)cc1)Nc1cccc(-c2nc3cccnc3s2)c1. The van der Waals surface area contributed by atoms with E-state index in [-0.39, 0.29) is 12.5 Å². The summed E-state index contributed by atoms with van der Waals surface area (Å²) in [6.07, 6.45) is 1.75. The van der Waals surface area contributed by atoms with E-state index in [0.717, 1.165) is 20.9 Å². The summed E-state index contributed by atoms with van der Waals surface area (Å²) in [6, 6.07) is 18.2. The van der Waals surface area contributed by atoms with Crippen LogP contribution in [0, 0.1) is 0 Å². The van der Waals surface area contributed by atoms with Gasteiger partial charge in [0.25, 0.3) is 5.91 Å². The predicted molar refractivity (Wildman–Crippen MR) is 108 cm³/mol. The molecule has 0 aliphatic heterocycles. The van der Waals surface area contributed by atoms with E-state index in [0.29, 0.717) is 16.5 Å². The number of rotatable bonds is 5. The summed E-state index contributed by atoms with van der Waals surface area (Å²) in [6.45, 7) is -0.0864. The Morgan fingerprint density at radius 1 is 1.11 bits per heavy atom. The second-order valence-corrected chi connectivity index (χ2v) is 7.13. The Balaban J connectivity index is 1.44. The maximum atomic E-state index is 12.2. The normalized spacial score (nSPS) is 10.7. The highest BCUT2D eigenvalue weighted by Gasteiger charge is 2.09. The quantitative estimate of drug-likeness (QED) is 0.514. The maximum Gasteiger partial charge on any atom is 0.262 e. The van der Waals surface area contributed by atoms with Crippen molar-refractivity contribution in [3.63, 3.8) is 0 Å². The number of carbonyl (C=O) groups is 1. The van der Waals surface area contributed by atoms with Crippen LogP contribution in [0.2, 0.25) is 5.02 Å². The van der Waals surface area contributed by atoms with Gasteiger partial charge in [0, 0.05) is 22.5 Å². The van der Waals surface area contributed by atoms with Gasteiger partial charge in [0.1, 0.15) is 21.1 Å². The van der Waals surface area contributed by atoms with Gasteiger partial charge in [-0.2, -0.15) is 0 Å². The minimum atomic E-state index is -0.243. The minimum Gasteiger partial charge on any atom is -0.484 e. The molecule has 0 radical (unpaired) electrons. The first-order valence-electron chi connectivity index (χ1n) is 8.17. The van der Waals surface area contributed by atoms with Crippen molar-refractivity contribution in [2.45, 2.75) is 0 Å². The molecule has 0 spiro atoms. The number of nitrogens with one attached hydrogen (secondary N) is 1. The molecule has 0 bridgehead atoms. The van der Waals surface area contributed by atoms with Gasteiger partial charge in [0.2, 0.25) is 0 Å². The molecule has 134 valence electrons. The van der Waals surface area contributed by atoms with Crippen LogP contribution in [0.4, 0.5) is 5.69 Å². The Morgan fingerprint density at radius 2 is 1.96 bits per heavy atom. The fraction of sp³-hybridized carbons (Fsp3) is 0.0500. The van der Waals surface area contributed by atoms with Gasteiger partial charge in [-0.05, 0) is 48.5 Å². The molecule has 1 amide bonds. The van der Waals surface area contributed by atoms with Crippen LogP contribution in [0.1, 0.15) is 0 Å². The van der Waals surface area contributed by atoms with Crippen LogP contribution in [-0.2, 0) is 4.79 Å². The van der Waals surface area contributed by atoms with Crippen LogP contribution >= 0.6 is 22.9 Å². The van der Waals surface area contributed by atoms with Gasteiger partial charge in [0.05, 0.1) is 0 Å². The standard InChI is InChI=1S/C20H14ClN3O2S/c21-14-6-8-16(9-7-14)26-12-18(25)23-15-4-1-3-13(11-15)19-24-17-5-2-10-22-20(17)27-19/h1-11H,12H2,(H,23,25). The summed E-state index contributed by atoms with van der Waals surface area (Å²) in [5.41, 5.74) is 2.47. The first-order valence-corrected chi connectivity index (χ1v) is 9.37. The molecule has 0 fully saturated rings. The third-order valence-corrected chi connectivity index (χ3v) is 5.02. The van der Waals surface area contributed by atoms with Gasteiger partial charge < -0.3 is 10.1 Å². The first kappa shape index (κ1) is 17.5. The van der Waals surface area contributed by atoms with Crippen LogP contribution in [0.15, 0.2) is 66.9 Å². The average molecular weight is 396 g/mol. The van der Waals surface area contributed by atoms with Gasteiger partial charge in [0.15, 0.2) is 6.61 Å². The Kier molecular flexibility index (Phi) is 5.00. The monoisotopic (exact) mass is 395 g/mol. The molecule has 1 N–H and O–H groups in total. The van der Waals surface area contributed by atoms with E-state index >= 15 is 0 Å². The fourth-order valence-electron chi connectivity index (χ4n) is 2.50. The van der Waals surface area contributed by atoms with Crippen molar-refractivity contribution >= 4 is 44.9 Å². The summed E-state index contributed by atoms with van der Waals surface area (Å²) in [5, 5.41) is 4.32. The molecule has 0 aliphatic carbocycles. The highest BCUT2D eigenvalue weighted by atomic mass is 35.5. The van der Waals surface area contributed by atoms with Crippen molar-refractivity contribution < 1.29 is 9.53 Å². The van der Waals surface area contributed by atoms with Gasteiger partial charge in [-0.25, -0.2) is 9.97 Å². The fourth-order valence-corrected chi connectivity index (χ4v) is 3.53. The lowest BCUT2D eigenvalue weighted by molar-refractivity contribution is -0.118. The lowest BCUT2D eigenvalue weighted by Gasteiger charge is -2.08. The van der Waals surface area contributed by atoms with E-state index in [1.807, 2.05) is 36.4 Å². The van der Waals surface area contributed by atoms with Crippen LogP contribution < -0.4 is 10.1 Å². The molecule has 2 aromatic carbocycles. The second kappa shape index (κ2) is 7.73. The molecule has 0 saturated carbocycles. The van der Waals surface area contributed by atoms with Gasteiger partial charge >= 0.3 is 0 Å². The molecule has 4 rings (SSSR count). The minimum absolute atomic E-state index is 0.0864. The molecular formula is C20H14ClN3O2S. The van der Waals surface area contributed by atoms with Crippen molar-refractivity contribution in [2.24, 2.45) is 0 Å². The molecule has 2 heterocycles. The molecule has 0 saturated heterocycles. The zero-order valence-corrected chi connectivity index (χ0v) is 15.6. The van der Waals surface area contributed by atoms with E-state index in [4.69, 9.17) is 16.3 Å². The highest BCUT2D eigenvalue weighted by molar-refractivity contribution is 7.21. The number of hydrogen-bond acceptors (Lipinski definition) is 5. The summed E-state index contributed by atoms with van der Waals surface area (Å²) < 4.78 is 5.46. The summed E-state index contributed by atoms with van der Waals surface area (Å²) in [5.74, 6) is 0.346. The average Bonchev–Trinajstić information content (AvgIpc) is 3.12. The van der Waals surface area contributed by atoms with Crippen LogP contribution in [-0.4, -0.2) is 22.5 Å². The lowest BCUT2D eigenvalue weighted by Crippen LogP contribution is -2.20. The number of anilines is 1. The number of halogens is 1. The van der Waals surface area contributed by atoms with E-state index in [9.17, 15) is 4.79 Å². The Hall–Kier alpha value is -2.96. The smallest absolute Gasteiger partial charge is 0.262 e. The zero-order valence-electron chi connectivity index (χ0n) is 14.1. The largest absolute Gasteiger partial charge is 0.484 e. The molecular weight excluding hydrogens is 382 g/mol. The zero-order chi connectivity index (χ0) is 18.6. The second-order valence-electron chi connectivity index (χ2n) is 5.72. The van der Waals surface area contributed by atoms with Crippen molar-refractivity contribution in [3.05, 3.63) is 71.9 Å². The van der Waals surface area contributed by atoms with E-state index in [2.05, 4.69) is 15.3 Å². The van der Waals surface area contributed by atoms with E-state index < -0.39 is 0 Å². The van der Waals surface area contributed by atoms with Crippen molar-refractivity contribution in [2.75, 3.05) is 11.9 Å². The predicted octanol–water partition coefficient (Wildman–Crippen LogP) is 5.03. The molecule has 0 unspecified atom stereocenters. The number of fused-ring (bicyclic) bond motifs is 1. The third-order valence-electron chi connectivity index (χ3n) is 3.74. The number of nitrogens with zero attached hydrogens (tertiary/aromatic N) is 2. The lowest BCUT2D eigenvalue weighted by atomic mass is 10.2. The molecule has 27 heavy (non-hydrogen) atoms. The molecule has 7 heteroatoms. The summed E-state index contributed by atoms with van der Waals surface area (Å²) in [7, 11) is 0. The topological polar surface area (TPSA) is 64.1 Å². The van der Waals surface area contributed by atoms with Crippen LogP contribution in [0.3, 0.4) is 0 Å². The van der Waals surface area contributed by atoms with Crippen LogP contribution in [0.5, 0.6) is 5.75 Å². The number of ether oxygens (including phenoxy) is 1. The summed E-state index contributed by atoms with van der Waals surface area (Å²) in [4.78, 5) is 22.0. The van der Waals surface area contributed by atoms with E-state index in [1.165, 1.54) is 11.3 Å². The number of amides is 1. The van der Waals surface area contributed by atoms with Gasteiger partial charge in [-0.1, -0.05) is 35.1 Å². The molecule has 0 aliphatic rings. The van der Waals surface area contributed by atoms with Crippen molar-refractivity contribution in [1.82, 2.24) is 9.97 Å². The highest BCUT2D eigenvalue weighted by Crippen LogP contribution is 2.30. The number of hydrogen-bond donors (Lipinski definition) is 1. The third kappa shape index (κ3) is 4.24. The van der Waals surface area contributed by atoms with Crippen molar-refractivity contribution in [3.8, 4) is 16.3 Å². The van der Waals surface area contributed by atoms with Crippen molar-refractivity contribution in [1.29, 1.82) is 0 Å². The number of thiazole rings is 1. The Labute approximate surface area is 164 Å². The van der Waals surface area contributed by atoms with Gasteiger partial charge in [-0.15, -0.1) is 0 Å². The Morgan fingerprint density at radius 3 is 2.78 bits per heavy atom. The maximum absolute atomic E-state index is 12.2. The van der Waals surface area contributed by atoms with Gasteiger partial charge in [-0.3, -0.25) is 4.79 Å². The molecule has 4 aromatic rings. The molecule has 5 nitrogen and oxygen atoms in total. The Bertz CT molecular complexity index is 1060. The number of benzene rings is 2. The van der Waals surface area contributed by atoms with E-state index in [1.54, 1.807) is 30.5 Å². The van der Waals surface area contributed by atoms with Crippen LogP contribution in [0.25, 0.3) is 20.9 Å².